The van der Waals surface area contributed by atoms with Gasteiger partial charge in [0.05, 0.1) is 13.0 Å². The third-order valence-electron chi connectivity index (χ3n) is 7.05. The topological polar surface area (TPSA) is 75.7 Å². The first-order valence-electron chi connectivity index (χ1n) is 13.9. The number of benzene rings is 4. The molecule has 0 spiro atoms. The molecule has 210 valence electrons. The van der Waals surface area contributed by atoms with E-state index in [1.165, 1.54) is 10.9 Å². The minimum atomic E-state index is -0.312. The van der Waals surface area contributed by atoms with Crippen molar-refractivity contribution in [1.29, 1.82) is 0 Å². The zero-order valence-electron chi connectivity index (χ0n) is 23.6. The van der Waals surface area contributed by atoms with Crippen LogP contribution in [0.2, 0.25) is 0 Å². The Morgan fingerprint density at radius 1 is 0.878 bits per heavy atom. The predicted molar refractivity (Wildman–Crippen MR) is 163 cm³/mol. The van der Waals surface area contributed by atoms with Crippen molar-refractivity contribution in [3.63, 3.8) is 0 Å². The number of esters is 1. The third kappa shape index (κ3) is 7.04. The molecule has 1 unspecified atom stereocenters. The van der Waals surface area contributed by atoms with Crippen molar-refractivity contribution >= 4 is 16.9 Å². The standard InChI is InChI=1S/C35H36N2O4/c1-25(23-39-2)41-35(38)20-30-12-6-7-14-34(30)40-24-28-18-32(29-13-8-11-27(17-29)21-36)31-15-16-37(33(31)19-28)22-26-9-4-3-5-10-26/h3-19,25H,20-24,36H2,1-2H3. The number of aromatic nitrogens is 1. The van der Waals surface area contributed by atoms with E-state index in [0.717, 1.165) is 39.9 Å². The Hall–Kier alpha value is -4.39. The number of hydrogen-bond acceptors (Lipinski definition) is 5. The van der Waals surface area contributed by atoms with Crippen LogP contribution in [0.3, 0.4) is 0 Å². The van der Waals surface area contributed by atoms with E-state index in [0.29, 0.717) is 25.5 Å². The van der Waals surface area contributed by atoms with Crippen molar-refractivity contribution < 1.29 is 19.0 Å². The van der Waals surface area contributed by atoms with Gasteiger partial charge in [-0.2, -0.15) is 0 Å². The van der Waals surface area contributed by atoms with E-state index in [-0.39, 0.29) is 18.5 Å². The lowest BCUT2D eigenvalue weighted by molar-refractivity contribution is -0.149. The van der Waals surface area contributed by atoms with Gasteiger partial charge < -0.3 is 24.5 Å². The van der Waals surface area contributed by atoms with Gasteiger partial charge >= 0.3 is 5.97 Å². The minimum Gasteiger partial charge on any atom is -0.489 e. The number of carbonyl (C=O) groups excluding carboxylic acids is 1. The Morgan fingerprint density at radius 2 is 1.66 bits per heavy atom. The molecule has 0 amide bonds. The highest BCUT2D eigenvalue weighted by molar-refractivity contribution is 5.96. The summed E-state index contributed by atoms with van der Waals surface area (Å²) in [4.78, 5) is 12.5. The van der Waals surface area contributed by atoms with E-state index >= 15 is 0 Å². The molecule has 1 aromatic heterocycles. The fourth-order valence-corrected chi connectivity index (χ4v) is 5.10. The maximum atomic E-state index is 12.5. The molecule has 4 aromatic carbocycles. The van der Waals surface area contributed by atoms with Crippen molar-refractivity contribution in [1.82, 2.24) is 4.57 Å². The Balaban J connectivity index is 1.45. The quantitative estimate of drug-likeness (QED) is 0.180. The van der Waals surface area contributed by atoms with Crippen LogP contribution in [0.25, 0.3) is 22.0 Å². The molecule has 0 bridgehead atoms. The Morgan fingerprint density at radius 3 is 2.46 bits per heavy atom. The molecule has 0 saturated heterocycles. The first kappa shape index (κ1) is 28.1. The summed E-state index contributed by atoms with van der Waals surface area (Å²) < 4.78 is 19.2. The predicted octanol–water partition coefficient (Wildman–Crippen LogP) is 6.51. The van der Waals surface area contributed by atoms with Gasteiger partial charge in [-0.15, -0.1) is 0 Å². The van der Waals surface area contributed by atoms with Crippen molar-refractivity contribution in [2.45, 2.75) is 39.1 Å². The number of para-hydroxylation sites is 1. The summed E-state index contributed by atoms with van der Waals surface area (Å²) in [6, 6.07) is 33.0. The Bertz CT molecular complexity index is 1610. The van der Waals surface area contributed by atoms with E-state index in [1.54, 1.807) is 7.11 Å². The molecule has 1 heterocycles. The summed E-state index contributed by atoms with van der Waals surface area (Å²) in [6.45, 7) is 3.77. The highest BCUT2D eigenvalue weighted by atomic mass is 16.6. The summed E-state index contributed by atoms with van der Waals surface area (Å²) in [5.41, 5.74) is 13.5. The summed E-state index contributed by atoms with van der Waals surface area (Å²) in [6.07, 6.45) is 1.96. The number of rotatable bonds is 12. The van der Waals surface area contributed by atoms with Crippen molar-refractivity contribution in [3.8, 4) is 16.9 Å². The molecule has 0 aliphatic heterocycles. The van der Waals surface area contributed by atoms with Crippen molar-refractivity contribution in [3.05, 3.63) is 126 Å². The van der Waals surface area contributed by atoms with Crippen molar-refractivity contribution in [2.24, 2.45) is 5.73 Å². The number of ether oxygens (including phenoxy) is 3. The second-order valence-electron chi connectivity index (χ2n) is 10.2. The summed E-state index contributed by atoms with van der Waals surface area (Å²) >= 11 is 0. The highest BCUT2D eigenvalue weighted by Gasteiger charge is 2.15. The average molecular weight is 549 g/mol. The van der Waals surface area contributed by atoms with Crippen LogP contribution < -0.4 is 10.5 Å². The Kier molecular flexibility index (Phi) is 9.14. The maximum absolute atomic E-state index is 12.5. The van der Waals surface area contributed by atoms with Crippen LogP contribution in [0.4, 0.5) is 0 Å². The molecule has 5 aromatic rings. The largest absolute Gasteiger partial charge is 0.489 e. The fraction of sp³-hybridized carbons (Fsp3) is 0.229. The average Bonchev–Trinajstić information content (AvgIpc) is 3.39. The number of hydrogen-bond donors (Lipinski definition) is 1. The second-order valence-corrected chi connectivity index (χ2v) is 10.2. The van der Waals surface area contributed by atoms with Gasteiger partial charge in [-0.25, -0.2) is 0 Å². The zero-order valence-corrected chi connectivity index (χ0v) is 23.6. The van der Waals surface area contributed by atoms with Crippen LogP contribution in [0.1, 0.15) is 29.2 Å². The molecule has 6 nitrogen and oxygen atoms in total. The van der Waals surface area contributed by atoms with Gasteiger partial charge in [-0.3, -0.25) is 4.79 Å². The minimum absolute atomic E-state index is 0.125. The molecular weight excluding hydrogens is 512 g/mol. The first-order valence-corrected chi connectivity index (χ1v) is 13.9. The van der Waals surface area contributed by atoms with E-state index in [4.69, 9.17) is 19.9 Å². The normalized spacial score (nSPS) is 11.9. The molecular formula is C35H36N2O4. The number of nitrogens with two attached hydrogens (primary N) is 1. The number of nitrogens with zero attached hydrogens (tertiary/aromatic N) is 1. The second kappa shape index (κ2) is 13.3. The van der Waals surface area contributed by atoms with Gasteiger partial charge in [-0.05, 0) is 65.1 Å². The van der Waals surface area contributed by atoms with Crippen LogP contribution in [0.5, 0.6) is 5.75 Å². The number of fused-ring (bicyclic) bond motifs is 1. The molecule has 1 atom stereocenters. The summed E-state index contributed by atoms with van der Waals surface area (Å²) in [7, 11) is 1.59. The number of methoxy groups -OCH3 is 1. The third-order valence-corrected chi connectivity index (χ3v) is 7.05. The maximum Gasteiger partial charge on any atom is 0.310 e. The molecule has 0 fully saturated rings. The summed E-state index contributed by atoms with van der Waals surface area (Å²) in [5.74, 6) is 0.350. The van der Waals surface area contributed by atoms with Gasteiger partial charge in [-0.1, -0.05) is 66.7 Å². The lowest BCUT2D eigenvalue weighted by Crippen LogP contribution is -2.21. The van der Waals surface area contributed by atoms with Gasteiger partial charge in [0.2, 0.25) is 0 Å². The van der Waals surface area contributed by atoms with E-state index < -0.39 is 0 Å². The fourth-order valence-electron chi connectivity index (χ4n) is 5.10. The van der Waals surface area contributed by atoms with E-state index in [2.05, 4.69) is 71.4 Å². The van der Waals surface area contributed by atoms with Gasteiger partial charge in [0, 0.05) is 42.9 Å². The SMILES string of the molecule is COCC(C)OC(=O)Cc1ccccc1OCc1cc(-c2cccc(CN)c2)c2ccn(Cc3ccccc3)c2c1. The smallest absolute Gasteiger partial charge is 0.310 e. The lowest BCUT2D eigenvalue weighted by Gasteiger charge is -2.15. The molecule has 0 radical (unpaired) electrons. The first-order chi connectivity index (χ1) is 20.0. The molecule has 0 aliphatic rings. The van der Waals surface area contributed by atoms with Crippen LogP contribution in [-0.2, 0) is 40.4 Å². The molecule has 2 N–H and O–H groups in total. The zero-order chi connectivity index (χ0) is 28.6. The monoisotopic (exact) mass is 548 g/mol. The van der Waals surface area contributed by atoms with E-state index in [9.17, 15) is 4.79 Å². The molecule has 6 heteroatoms. The lowest BCUT2D eigenvalue weighted by atomic mass is 9.97. The molecule has 0 aliphatic carbocycles. The van der Waals surface area contributed by atoms with Gasteiger partial charge in [0.1, 0.15) is 18.5 Å². The van der Waals surface area contributed by atoms with Crippen molar-refractivity contribution in [2.75, 3.05) is 13.7 Å². The molecule has 5 rings (SSSR count). The van der Waals surface area contributed by atoms with Crippen LogP contribution >= 0.6 is 0 Å². The van der Waals surface area contributed by atoms with Crippen LogP contribution in [-0.4, -0.2) is 30.4 Å². The Labute approximate surface area is 241 Å². The van der Waals surface area contributed by atoms with Gasteiger partial charge in [0.25, 0.3) is 0 Å². The highest BCUT2D eigenvalue weighted by Crippen LogP contribution is 2.33. The van der Waals surface area contributed by atoms with Crippen LogP contribution in [0.15, 0.2) is 103 Å². The summed E-state index contributed by atoms with van der Waals surface area (Å²) in [5, 5.41) is 1.17. The van der Waals surface area contributed by atoms with E-state index in [1.807, 2.05) is 43.3 Å². The van der Waals surface area contributed by atoms with Crippen LogP contribution in [0, 0.1) is 0 Å². The van der Waals surface area contributed by atoms with Gasteiger partial charge in [0.15, 0.2) is 0 Å². The molecule has 41 heavy (non-hydrogen) atoms. The molecule has 0 saturated carbocycles. The number of carbonyl (C=O) groups is 1.